The molecule has 2 fully saturated rings. The van der Waals surface area contributed by atoms with Gasteiger partial charge in [-0.3, -0.25) is 0 Å². The van der Waals surface area contributed by atoms with Crippen molar-refractivity contribution in [1.29, 1.82) is 0 Å². The van der Waals surface area contributed by atoms with Gasteiger partial charge in [0.1, 0.15) is 0 Å². The Kier molecular flexibility index (Phi) is 1.25. The molecule has 3 aliphatic carbocycles. The number of hydrogen-bond acceptors (Lipinski definition) is 2. The molecule has 2 N–H and O–H groups in total. The Morgan fingerprint density at radius 2 is 1.33 bits per heavy atom. The van der Waals surface area contributed by atoms with Crippen LogP contribution in [-0.2, 0) is 0 Å². The van der Waals surface area contributed by atoms with E-state index in [0.29, 0.717) is 30.1 Å². The summed E-state index contributed by atoms with van der Waals surface area (Å²) in [4.78, 5) is 0. The van der Waals surface area contributed by atoms with Gasteiger partial charge in [-0.1, -0.05) is 12.2 Å². The highest BCUT2D eigenvalue weighted by Gasteiger charge is 2.54. The summed E-state index contributed by atoms with van der Waals surface area (Å²) in [5.74, 6) is 1.87. The van der Waals surface area contributed by atoms with E-state index < -0.39 is 0 Å². The van der Waals surface area contributed by atoms with Gasteiger partial charge in [0, 0.05) is 0 Å². The second-order valence-corrected chi connectivity index (χ2v) is 4.47. The summed E-state index contributed by atoms with van der Waals surface area (Å²) in [6, 6.07) is 0. The Morgan fingerprint density at radius 1 is 0.833 bits per heavy atom. The van der Waals surface area contributed by atoms with Crippen molar-refractivity contribution >= 4 is 0 Å². The molecule has 0 saturated heterocycles. The molecule has 2 bridgehead atoms. The molecule has 2 nitrogen and oxygen atoms in total. The van der Waals surface area contributed by atoms with Gasteiger partial charge in [0.15, 0.2) is 0 Å². The molecule has 0 amide bonds. The number of rotatable bonds is 0. The maximum atomic E-state index is 9.70. The zero-order valence-electron chi connectivity index (χ0n) is 6.93. The zero-order chi connectivity index (χ0) is 8.29. The van der Waals surface area contributed by atoms with Crippen molar-refractivity contribution in [2.45, 2.75) is 25.0 Å². The normalized spacial score (nSPS) is 61.2. The van der Waals surface area contributed by atoms with Crippen LogP contribution < -0.4 is 0 Å². The monoisotopic (exact) mass is 166 g/mol. The first-order valence-electron chi connectivity index (χ1n) is 4.82. The summed E-state index contributed by atoms with van der Waals surface area (Å²) < 4.78 is 0. The van der Waals surface area contributed by atoms with Crippen LogP contribution in [0.1, 0.15) is 12.8 Å². The molecule has 0 aliphatic heterocycles. The van der Waals surface area contributed by atoms with Gasteiger partial charge >= 0.3 is 0 Å². The summed E-state index contributed by atoms with van der Waals surface area (Å²) in [5, 5.41) is 19.4. The van der Waals surface area contributed by atoms with E-state index in [1.165, 1.54) is 6.42 Å². The van der Waals surface area contributed by atoms with Crippen LogP contribution in [0.15, 0.2) is 12.2 Å². The lowest BCUT2D eigenvalue weighted by molar-refractivity contribution is 0.108. The Balaban J connectivity index is 1.98. The molecule has 0 aromatic rings. The molecule has 6 atom stereocenters. The van der Waals surface area contributed by atoms with E-state index in [4.69, 9.17) is 0 Å². The Bertz CT molecular complexity index is 214. The fourth-order valence-electron chi connectivity index (χ4n) is 3.54. The van der Waals surface area contributed by atoms with Crippen molar-refractivity contribution in [2.75, 3.05) is 0 Å². The van der Waals surface area contributed by atoms with Gasteiger partial charge in [0.05, 0.1) is 12.2 Å². The number of allylic oxidation sites excluding steroid dienone is 2. The van der Waals surface area contributed by atoms with Crippen molar-refractivity contribution in [3.63, 3.8) is 0 Å². The van der Waals surface area contributed by atoms with Crippen molar-refractivity contribution in [1.82, 2.24) is 0 Å². The van der Waals surface area contributed by atoms with Crippen LogP contribution in [0.25, 0.3) is 0 Å². The van der Waals surface area contributed by atoms with E-state index >= 15 is 0 Å². The first-order chi connectivity index (χ1) is 5.77. The topological polar surface area (TPSA) is 40.5 Å². The van der Waals surface area contributed by atoms with E-state index in [-0.39, 0.29) is 12.2 Å². The third-order valence-corrected chi connectivity index (χ3v) is 3.95. The lowest BCUT2D eigenvalue weighted by Gasteiger charge is -2.23. The number of aliphatic hydroxyl groups excluding tert-OH is 2. The molecule has 2 heteroatoms. The quantitative estimate of drug-likeness (QED) is 0.516. The van der Waals surface area contributed by atoms with Crippen LogP contribution >= 0.6 is 0 Å². The van der Waals surface area contributed by atoms with Crippen molar-refractivity contribution in [3.05, 3.63) is 12.2 Å². The molecule has 12 heavy (non-hydrogen) atoms. The van der Waals surface area contributed by atoms with Crippen molar-refractivity contribution in [2.24, 2.45) is 23.7 Å². The van der Waals surface area contributed by atoms with Gasteiger partial charge in [-0.05, 0) is 36.5 Å². The third-order valence-electron chi connectivity index (χ3n) is 3.95. The molecular formula is C10H14O2. The van der Waals surface area contributed by atoms with E-state index in [9.17, 15) is 10.2 Å². The van der Waals surface area contributed by atoms with Crippen LogP contribution in [-0.4, -0.2) is 22.4 Å². The van der Waals surface area contributed by atoms with Crippen LogP contribution in [0.2, 0.25) is 0 Å². The maximum absolute atomic E-state index is 9.70. The van der Waals surface area contributed by atoms with E-state index in [1.807, 2.05) is 0 Å². The van der Waals surface area contributed by atoms with Gasteiger partial charge in [-0.2, -0.15) is 0 Å². The van der Waals surface area contributed by atoms with Crippen LogP contribution in [0.4, 0.5) is 0 Å². The van der Waals surface area contributed by atoms with Gasteiger partial charge in [-0.25, -0.2) is 0 Å². The molecule has 3 rings (SSSR count). The van der Waals surface area contributed by atoms with E-state index in [2.05, 4.69) is 12.2 Å². The summed E-state index contributed by atoms with van der Waals surface area (Å²) >= 11 is 0. The minimum atomic E-state index is -0.245. The first-order valence-corrected chi connectivity index (χ1v) is 4.82. The predicted molar refractivity (Wildman–Crippen MR) is 44.3 cm³/mol. The molecule has 3 aliphatic rings. The second-order valence-electron chi connectivity index (χ2n) is 4.47. The predicted octanol–water partition coefficient (Wildman–Crippen LogP) is 0.550. The molecule has 2 saturated carbocycles. The minimum Gasteiger partial charge on any atom is -0.393 e. The first kappa shape index (κ1) is 7.10. The van der Waals surface area contributed by atoms with Gasteiger partial charge in [0.2, 0.25) is 0 Å². The van der Waals surface area contributed by atoms with Crippen molar-refractivity contribution in [3.8, 4) is 0 Å². The second kappa shape index (κ2) is 2.12. The highest BCUT2D eigenvalue weighted by Crippen LogP contribution is 2.55. The number of fused-ring (bicyclic) bond motifs is 5. The average Bonchev–Trinajstić information content (AvgIpc) is 2.64. The SMILES string of the molecule is O[C@H]1C[C@H](O)[C@@H]2[C@H]1[C@@H]1C=C[C@H]2C1. The van der Waals surface area contributed by atoms with E-state index in [0.717, 1.165) is 0 Å². The maximum Gasteiger partial charge on any atom is 0.0602 e. The Hall–Kier alpha value is -0.340. The van der Waals surface area contributed by atoms with Gasteiger partial charge < -0.3 is 10.2 Å². The molecule has 0 spiro atoms. The Labute approximate surface area is 71.9 Å². The summed E-state index contributed by atoms with van der Waals surface area (Å²) in [7, 11) is 0. The number of aliphatic hydroxyl groups is 2. The molecular weight excluding hydrogens is 152 g/mol. The van der Waals surface area contributed by atoms with E-state index in [1.54, 1.807) is 0 Å². The van der Waals surface area contributed by atoms with Crippen molar-refractivity contribution < 1.29 is 10.2 Å². The summed E-state index contributed by atoms with van der Waals surface area (Å²) in [6.45, 7) is 0. The fraction of sp³-hybridized carbons (Fsp3) is 0.800. The average molecular weight is 166 g/mol. The molecule has 0 aromatic heterocycles. The summed E-state index contributed by atoms with van der Waals surface area (Å²) in [5.41, 5.74) is 0. The molecule has 0 heterocycles. The van der Waals surface area contributed by atoms with Crippen LogP contribution in [0, 0.1) is 23.7 Å². The third kappa shape index (κ3) is 0.679. The molecule has 0 unspecified atom stereocenters. The standard InChI is InChI=1S/C10H14O2/c11-7-4-8(12)10-6-2-1-5(3-6)9(7)10/h1-2,5-12H,3-4H2/t5-,6+,7-,8-,9+,10-/m0/s1. The van der Waals surface area contributed by atoms with Crippen LogP contribution in [0.5, 0.6) is 0 Å². The largest absolute Gasteiger partial charge is 0.393 e. The van der Waals surface area contributed by atoms with Crippen LogP contribution in [0.3, 0.4) is 0 Å². The van der Waals surface area contributed by atoms with Gasteiger partial charge in [0.25, 0.3) is 0 Å². The molecule has 0 aromatic carbocycles. The fourth-order valence-corrected chi connectivity index (χ4v) is 3.54. The summed E-state index contributed by atoms with van der Waals surface area (Å²) in [6.07, 6.45) is 5.74. The molecule has 66 valence electrons. The minimum absolute atomic E-state index is 0.245. The lowest BCUT2D eigenvalue weighted by Crippen LogP contribution is -2.25. The molecule has 0 radical (unpaired) electrons. The zero-order valence-corrected chi connectivity index (χ0v) is 6.93. The highest BCUT2D eigenvalue weighted by atomic mass is 16.3. The lowest BCUT2D eigenvalue weighted by atomic mass is 9.84. The number of hydrogen-bond donors (Lipinski definition) is 2. The smallest absolute Gasteiger partial charge is 0.0602 e. The van der Waals surface area contributed by atoms with Gasteiger partial charge in [-0.15, -0.1) is 0 Å². The Morgan fingerprint density at radius 3 is 1.83 bits per heavy atom. The highest BCUT2D eigenvalue weighted by molar-refractivity contribution is 5.18.